The van der Waals surface area contributed by atoms with Gasteiger partial charge < -0.3 is 5.73 Å². The van der Waals surface area contributed by atoms with Gasteiger partial charge in [0, 0.05) is 12.7 Å². The molecule has 1 aromatic carbocycles. The van der Waals surface area contributed by atoms with E-state index < -0.39 is 17.8 Å². The van der Waals surface area contributed by atoms with E-state index in [-0.39, 0.29) is 0 Å². The van der Waals surface area contributed by atoms with Gasteiger partial charge in [0.15, 0.2) is 0 Å². The van der Waals surface area contributed by atoms with Crippen LogP contribution in [-0.2, 0) is 11.3 Å². The lowest BCUT2D eigenvalue weighted by Crippen LogP contribution is -2.35. The van der Waals surface area contributed by atoms with Crippen LogP contribution < -0.4 is 5.73 Å². The number of rotatable bonds is 5. The lowest BCUT2D eigenvalue weighted by Gasteiger charge is -2.25. The molecule has 0 bridgehead atoms. The fourth-order valence-corrected chi connectivity index (χ4v) is 2.30. The number of primary amides is 1. The molecule has 6 heteroatoms. The van der Waals surface area contributed by atoms with E-state index in [9.17, 15) is 9.18 Å². The summed E-state index contributed by atoms with van der Waals surface area (Å²) in [6.45, 7) is 0.439. The molecule has 0 saturated carbocycles. The summed E-state index contributed by atoms with van der Waals surface area (Å²) >= 11 is 5.73. The summed E-state index contributed by atoms with van der Waals surface area (Å²) in [4.78, 5) is 17.4. The fourth-order valence-electron chi connectivity index (χ4n) is 2.19. The summed E-state index contributed by atoms with van der Waals surface area (Å²) in [5.41, 5.74) is 6.86. The summed E-state index contributed by atoms with van der Waals surface area (Å²) in [6, 6.07) is 8.64. The van der Waals surface area contributed by atoms with Crippen LogP contribution in [0.1, 0.15) is 17.2 Å². The van der Waals surface area contributed by atoms with Crippen molar-refractivity contribution in [2.24, 2.45) is 5.73 Å². The van der Waals surface area contributed by atoms with Gasteiger partial charge in [0.25, 0.3) is 0 Å². The van der Waals surface area contributed by atoms with Gasteiger partial charge in [0.1, 0.15) is 17.0 Å². The molecule has 1 heterocycles. The first-order chi connectivity index (χ1) is 9.97. The van der Waals surface area contributed by atoms with E-state index in [1.54, 1.807) is 36.3 Å². The van der Waals surface area contributed by atoms with E-state index in [4.69, 9.17) is 17.3 Å². The van der Waals surface area contributed by atoms with Crippen LogP contribution >= 0.6 is 11.6 Å². The Morgan fingerprint density at radius 1 is 1.43 bits per heavy atom. The van der Waals surface area contributed by atoms with E-state index in [2.05, 4.69) is 4.98 Å². The van der Waals surface area contributed by atoms with Crippen molar-refractivity contribution in [2.45, 2.75) is 12.6 Å². The molecule has 1 amide bonds. The van der Waals surface area contributed by atoms with Gasteiger partial charge in [-0.25, -0.2) is 9.37 Å². The van der Waals surface area contributed by atoms with Gasteiger partial charge in [-0.05, 0) is 36.4 Å². The molecule has 0 aliphatic carbocycles. The van der Waals surface area contributed by atoms with Gasteiger partial charge in [-0.15, -0.1) is 0 Å². The molecule has 0 spiro atoms. The number of halogens is 2. The molecule has 0 unspecified atom stereocenters. The third kappa shape index (κ3) is 4.00. The van der Waals surface area contributed by atoms with Crippen molar-refractivity contribution in [3.63, 3.8) is 0 Å². The van der Waals surface area contributed by atoms with Crippen LogP contribution in [0.15, 0.2) is 42.6 Å². The number of hydrogen-bond donors (Lipinski definition) is 1. The van der Waals surface area contributed by atoms with E-state index in [0.717, 1.165) is 5.56 Å². The lowest BCUT2D eigenvalue weighted by atomic mass is 10.0. The number of hydrogen-bond acceptors (Lipinski definition) is 3. The monoisotopic (exact) mass is 307 g/mol. The zero-order valence-electron chi connectivity index (χ0n) is 11.5. The fraction of sp³-hybridized carbons (Fsp3) is 0.200. The highest BCUT2D eigenvalue weighted by Gasteiger charge is 2.23. The normalized spacial score (nSPS) is 12.4. The Morgan fingerprint density at radius 2 is 2.19 bits per heavy atom. The van der Waals surface area contributed by atoms with Crippen molar-refractivity contribution >= 4 is 17.5 Å². The van der Waals surface area contributed by atoms with Gasteiger partial charge in [-0.3, -0.25) is 9.69 Å². The summed E-state index contributed by atoms with van der Waals surface area (Å²) in [5.74, 6) is -0.940. The molecule has 110 valence electrons. The number of benzene rings is 1. The Balaban J connectivity index is 2.22. The van der Waals surface area contributed by atoms with Gasteiger partial charge in [-0.2, -0.15) is 0 Å². The SMILES string of the molecule is CN(Cc1ccc(Cl)nc1)[C@@H](C(N)=O)c1cccc(F)c1. The highest BCUT2D eigenvalue weighted by Crippen LogP contribution is 2.22. The second-order valence-electron chi connectivity index (χ2n) is 4.76. The van der Waals surface area contributed by atoms with Crippen LogP contribution in [-0.4, -0.2) is 22.8 Å². The van der Waals surface area contributed by atoms with Crippen molar-refractivity contribution < 1.29 is 9.18 Å². The van der Waals surface area contributed by atoms with Gasteiger partial charge in [0.2, 0.25) is 5.91 Å². The average molecular weight is 308 g/mol. The molecule has 0 radical (unpaired) electrons. The number of carbonyl (C=O) groups is 1. The molecule has 0 fully saturated rings. The van der Waals surface area contributed by atoms with Crippen molar-refractivity contribution in [1.29, 1.82) is 0 Å². The first-order valence-electron chi connectivity index (χ1n) is 6.33. The second kappa shape index (κ2) is 6.65. The van der Waals surface area contributed by atoms with Crippen molar-refractivity contribution in [3.8, 4) is 0 Å². The maximum absolute atomic E-state index is 13.3. The highest BCUT2D eigenvalue weighted by atomic mass is 35.5. The van der Waals surface area contributed by atoms with Gasteiger partial charge >= 0.3 is 0 Å². The van der Waals surface area contributed by atoms with Crippen LogP contribution in [0.25, 0.3) is 0 Å². The largest absolute Gasteiger partial charge is 0.368 e. The Morgan fingerprint density at radius 3 is 2.76 bits per heavy atom. The minimum Gasteiger partial charge on any atom is -0.368 e. The Hall–Kier alpha value is -1.98. The van der Waals surface area contributed by atoms with E-state index in [1.165, 1.54) is 12.1 Å². The standard InChI is InChI=1S/C15H15ClFN3O/c1-20(9-10-5-6-13(16)19-8-10)14(15(18)21)11-3-2-4-12(17)7-11/h2-8,14H,9H2,1H3,(H2,18,21)/t14-/m1/s1. The highest BCUT2D eigenvalue weighted by molar-refractivity contribution is 6.29. The summed E-state index contributed by atoms with van der Waals surface area (Å²) in [6.07, 6.45) is 1.63. The Kier molecular flexibility index (Phi) is 4.88. The predicted molar refractivity (Wildman–Crippen MR) is 79.0 cm³/mol. The third-order valence-electron chi connectivity index (χ3n) is 3.10. The van der Waals surface area contributed by atoms with Gasteiger partial charge in [-0.1, -0.05) is 29.8 Å². The van der Waals surface area contributed by atoms with Crippen LogP contribution in [0.4, 0.5) is 4.39 Å². The third-order valence-corrected chi connectivity index (χ3v) is 3.32. The number of aromatic nitrogens is 1. The van der Waals surface area contributed by atoms with Crippen LogP contribution in [0.3, 0.4) is 0 Å². The first kappa shape index (κ1) is 15.4. The number of nitrogens with zero attached hydrogens (tertiary/aromatic N) is 2. The van der Waals surface area contributed by atoms with Crippen molar-refractivity contribution in [3.05, 3.63) is 64.7 Å². The van der Waals surface area contributed by atoms with E-state index in [0.29, 0.717) is 17.3 Å². The maximum Gasteiger partial charge on any atom is 0.239 e. The van der Waals surface area contributed by atoms with Crippen LogP contribution in [0.2, 0.25) is 5.15 Å². The molecule has 0 aliphatic rings. The van der Waals surface area contributed by atoms with Crippen LogP contribution in [0.5, 0.6) is 0 Å². The molecule has 2 rings (SSSR count). The number of carbonyl (C=O) groups excluding carboxylic acids is 1. The molecule has 2 N–H and O–H groups in total. The van der Waals surface area contributed by atoms with E-state index in [1.807, 2.05) is 6.07 Å². The molecule has 2 aromatic rings. The molecule has 21 heavy (non-hydrogen) atoms. The first-order valence-corrected chi connectivity index (χ1v) is 6.70. The zero-order valence-corrected chi connectivity index (χ0v) is 12.2. The van der Waals surface area contributed by atoms with E-state index >= 15 is 0 Å². The number of amides is 1. The molecule has 0 saturated heterocycles. The smallest absolute Gasteiger partial charge is 0.239 e. The minimum absolute atomic E-state index is 0.401. The van der Waals surface area contributed by atoms with Gasteiger partial charge in [0.05, 0.1) is 0 Å². The topological polar surface area (TPSA) is 59.2 Å². The Labute approximate surface area is 127 Å². The summed E-state index contributed by atoms with van der Waals surface area (Å²) in [5, 5.41) is 0.401. The maximum atomic E-state index is 13.3. The molecule has 1 atom stereocenters. The van der Waals surface area contributed by atoms with Crippen molar-refractivity contribution in [1.82, 2.24) is 9.88 Å². The summed E-state index contributed by atoms with van der Waals surface area (Å²) in [7, 11) is 1.74. The molecule has 0 aliphatic heterocycles. The molecular formula is C15H15ClFN3O. The summed E-state index contributed by atoms with van der Waals surface area (Å²) < 4.78 is 13.3. The second-order valence-corrected chi connectivity index (χ2v) is 5.15. The molecule has 4 nitrogen and oxygen atoms in total. The quantitative estimate of drug-likeness (QED) is 0.864. The lowest BCUT2D eigenvalue weighted by molar-refractivity contribution is -0.123. The van der Waals surface area contributed by atoms with Crippen LogP contribution in [0, 0.1) is 5.82 Å². The molecule has 1 aromatic heterocycles. The average Bonchev–Trinajstić information content (AvgIpc) is 2.41. The number of nitrogens with two attached hydrogens (primary N) is 1. The number of pyridine rings is 1. The van der Waals surface area contributed by atoms with Crippen molar-refractivity contribution in [2.75, 3.05) is 7.05 Å². The zero-order chi connectivity index (χ0) is 15.4. The predicted octanol–water partition coefficient (Wildman–Crippen LogP) is 2.53. The Bertz CT molecular complexity index is 633. The molecular weight excluding hydrogens is 293 g/mol. The minimum atomic E-state index is -0.712. The number of likely N-dealkylation sites (N-methyl/N-ethyl adjacent to an activating group) is 1.